The Balaban J connectivity index is 1.32. The van der Waals surface area contributed by atoms with Crippen LogP contribution in [0.2, 0.25) is 0 Å². The molecule has 1 aliphatic heterocycles. The summed E-state index contributed by atoms with van der Waals surface area (Å²) in [5.41, 5.74) is 2.69. The molecule has 1 saturated heterocycles. The molecule has 1 aliphatic rings. The van der Waals surface area contributed by atoms with Gasteiger partial charge in [-0.15, -0.1) is 0 Å². The number of anilines is 3. The normalized spacial score (nSPS) is 15.2. The molecule has 0 radical (unpaired) electrons. The minimum atomic E-state index is -3.80. The van der Waals surface area contributed by atoms with Crippen LogP contribution in [0.1, 0.15) is 18.4 Å². The standard InChI is InChI=1S/C26H28N6O2S/c27-35(33,34)22-10-6-9-21(17-22)29-26-30-24-12-5-4-11-23(24)25(31-26)28-20-13-15-32(16-14-20)18-19-7-2-1-3-8-19/h1-12,17,20H,13-16,18H2,(H2,27,33,34)(H2,28,29,30,31). The highest BCUT2D eigenvalue weighted by molar-refractivity contribution is 7.89. The molecule has 0 atom stereocenters. The Morgan fingerprint density at radius 1 is 0.914 bits per heavy atom. The number of para-hydroxylation sites is 1. The molecule has 0 amide bonds. The van der Waals surface area contributed by atoms with Gasteiger partial charge in [0.15, 0.2) is 0 Å². The fourth-order valence-electron chi connectivity index (χ4n) is 4.39. The van der Waals surface area contributed by atoms with Crippen molar-refractivity contribution in [3.8, 4) is 0 Å². The molecule has 4 aromatic rings. The van der Waals surface area contributed by atoms with Crippen molar-refractivity contribution in [1.82, 2.24) is 14.9 Å². The zero-order chi connectivity index (χ0) is 24.3. The van der Waals surface area contributed by atoms with E-state index >= 15 is 0 Å². The second-order valence-electron chi connectivity index (χ2n) is 8.79. The molecule has 3 aromatic carbocycles. The molecule has 5 rings (SSSR count). The summed E-state index contributed by atoms with van der Waals surface area (Å²) in [6.07, 6.45) is 2.04. The topological polar surface area (TPSA) is 113 Å². The molecule has 35 heavy (non-hydrogen) atoms. The average molecular weight is 489 g/mol. The van der Waals surface area contributed by atoms with Gasteiger partial charge >= 0.3 is 0 Å². The van der Waals surface area contributed by atoms with Gasteiger partial charge in [0, 0.05) is 36.7 Å². The quantitative estimate of drug-likeness (QED) is 0.359. The molecular weight excluding hydrogens is 460 g/mol. The van der Waals surface area contributed by atoms with E-state index in [-0.39, 0.29) is 4.90 Å². The van der Waals surface area contributed by atoms with Crippen molar-refractivity contribution in [3.05, 3.63) is 84.4 Å². The van der Waals surface area contributed by atoms with Crippen LogP contribution in [0, 0.1) is 0 Å². The molecule has 2 heterocycles. The smallest absolute Gasteiger partial charge is 0.238 e. The van der Waals surface area contributed by atoms with E-state index in [1.807, 2.05) is 30.3 Å². The lowest BCUT2D eigenvalue weighted by Gasteiger charge is -2.32. The van der Waals surface area contributed by atoms with Crippen molar-refractivity contribution < 1.29 is 8.42 Å². The molecule has 0 aliphatic carbocycles. The molecule has 0 spiro atoms. The third kappa shape index (κ3) is 5.76. The van der Waals surface area contributed by atoms with Crippen LogP contribution >= 0.6 is 0 Å². The number of benzene rings is 3. The van der Waals surface area contributed by atoms with Gasteiger partial charge in [0.1, 0.15) is 5.82 Å². The van der Waals surface area contributed by atoms with E-state index in [2.05, 4.69) is 44.8 Å². The second kappa shape index (κ2) is 9.99. The molecule has 0 bridgehead atoms. The second-order valence-corrected chi connectivity index (χ2v) is 10.4. The minimum absolute atomic E-state index is 0.0314. The average Bonchev–Trinajstić information content (AvgIpc) is 2.86. The maximum absolute atomic E-state index is 11.7. The number of aromatic nitrogens is 2. The fraction of sp³-hybridized carbons (Fsp3) is 0.231. The molecule has 1 fully saturated rings. The number of hydrogen-bond acceptors (Lipinski definition) is 7. The lowest BCUT2D eigenvalue weighted by atomic mass is 10.0. The SMILES string of the molecule is NS(=O)(=O)c1cccc(Nc2nc(NC3CCN(Cc4ccccc4)CC3)c3ccccc3n2)c1. The van der Waals surface area contributed by atoms with Crippen LogP contribution in [-0.2, 0) is 16.6 Å². The van der Waals surface area contributed by atoms with Crippen molar-refractivity contribution in [2.24, 2.45) is 5.14 Å². The summed E-state index contributed by atoms with van der Waals surface area (Å²) in [7, 11) is -3.80. The van der Waals surface area contributed by atoms with E-state index in [0.29, 0.717) is 17.7 Å². The summed E-state index contributed by atoms with van der Waals surface area (Å²) in [5, 5.41) is 13.0. The molecular formula is C26H28N6O2S. The van der Waals surface area contributed by atoms with E-state index in [9.17, 15) is 8.42 Å². The lowest BCUT2D eigenvalue weighted by molar-refractivity contribution is 0.211. The Hall–Kier alpha value is -3.53. The van der Waals surface area contributed by atoms with Crippen LogP contribution in [0.25, 0.3) is 10.9 Å². The number of rotatable bonds is 7. The van der Waals surface area contributed by atoms with Crippen LogP contribution in [0.5, 0.6) is 0 Å². The Morgan fingerprint density at radius 2 is 1.66 bits per heavy atom. The number of nitrogens with zero attached hydrogens (tertiary/aromatic N) is 3. The van der Waals surface area contributed by atoms with Gasteiger partial charge < -0.3 is 10.6 Å². The zero-order valence-corrected chi connectivity index (χ0v) is 20.1. The number of fused-ring (bicyclic) bond motifs is 1. The third-order valence-corrected chi connectivity index (χ3v) is 7.11. The lowest BCUT2D eigenvalue weighted by Crippen LogP contribution is -2.38. The number of likely N-dealkylation sites (tertiary alicyclic amines) is 1. The maximum atomic E-state index is 11.7. The first-order valence-electron chi connectivity index (χ1n) is 11.6. The minimum Gasteiger partial charge on any atom is -0.367 e. The zero-order valence-electron chi connectivity index (χ0n) is 19.3. The Kier molecular flexibility index (Phi) is 6.63. The number of hydrogen-bond donors (Lipinski definition) is 3. The van der Waals surface area contributed by atoms with Gasteiger partial charge in [-0.1, -0.05) is 48.5 Å². The molecule has 8 nitrogen and oxygen atoms in total. The molecule has 4 N–H and O–H groups in total. The first-order chi connectivity index (χ1) is 16.9. The van der Waals surface area contributed by atoms with Crippen LogP contribution in [0.15, 0.2) is 83.8 Å². The summed E-state index contributed by atoms with van der Waals surface area (Å²) in [4.78, 5) is 11.9. The Bertz CT molecular complexity index is 1420. The van der Waals surface area contributed by atoms with Crippen LogP contribution < -0.4 is 15.8 Å². The van der Waals surface area contributed by atoms with E-state index in [1.54, 1.807) is 12.1 Å². The third-order valence-electron chi connectivity index (χ3n) is 6.20. The van der Waals surface area contributed by atoms with Crippen LogP contribution in [0.3, 0.4) is 0 Å². The van der Waals surface area contributed by atoms with E-state index < -0.39 is 10.0 Å². The molecule has 1 aromatic heterocycles. The maximum Gasteiger partial charge on any atom is 0.238 e. The summed E-state index contributed by atoms with van der Waals surface area (Å²) < 4.78 is 23.4. The van der Waals surface area contributed by atoms with Gasteiger partial charge in [-0.3, -0.25) is 4.90 Å². The molecule has 180 valence electrons. The predicted molar refractivity (Wildman–Crippen MR) is 139 cm³/mol. The first kappa shape index (κ1) is 23.2. The molecule has 0 unspecified atom stereocenters. The number of piperidine rings is 1. The highest BCUT2D eigenvalue weighted by Crippen LogP contribution is 2.26. The molecule has 0 saturated carbocycles. The Morgan fingerprint density at radius 3 is 2.43 bits per heavy atom. The first-order valence-corrected chi connectivity index (χ1v) is 13.2. The Labute approximate surface area is 205 Å². The van der Waals surface area contributed by atoms with Gasteiger partial charge in [-0.05, 0) is 48.7 Å². The largest absolute Gasteiger partial charge is 0.367 e. The number of primary sulfonamides is 1. The van der Waals surface area contributed by atoms with Gasteiger partial charge in [0.05, 0.1) is 10.4 Å². The summed E-state index contributed by atoms with van der Waals surface area (Å²) in [6, 6.07) is 25.0. The highest BCUT2D eigenvalue weighted by atomic mass is 32.2. The van der Waals surface area contributed by atoms with Crippen molar-refractivity contribution in [2.45, 2.75) is 30.3 Å². The van der Waals surface area contributed by atoms with Crippen molar-refractivity contribution in [3.63, 3.8) is 0 Å². The summed E-state index contributed by atoms with van der Waals surface area (Å²) in [5.74, 6) is 1.15. The summed E-state index contributed by atoms with van der Waals surface area (Å²) in [6.45, 7) is 3.00. The van der Waals surface area contributed by atoms with Crippen molar-refractivity contribution >= 4 is 38.4 Å². The fourth-order valence-corrected chi connectivity index (χ4v) is 4.95. The number of nitrogens with two attached hydrogens (primary N) is 1. The predicted octanol–water partition coefficient (Wildman–Crippen LogP) is 4.10. The van der Waals surface area contributed by atoms with Gasteiger partial charge in [0.25, 0.3) is 0 Å². The van der Waals surface area contributed by atoms with Gasteiger partial charge in [-0.25, -0.2) is 18.5 Å². The van der Waals surface area contributed by atoms with Gasteiger partial charge in [-0.2, -0.15) is 4.98 Å². The van der Waals surface area contributed by atoms with Crippen LogP contribution in [0.4, 0.5) is 17.5 Å². The van der Waals surface area contributed by atoms with Crippen LogP contribution in [-0.4, -0.2) is 42.4 Å². The van der Waals surface area contributed by atoms with Crippen molar-refractivity contribution in [2.75, 3.05) is 23.7 Å². The van der Waals surface area contributed by atoms with E-state index in [4.69, 9.17) is 10.1 Å². The van der Waals surface area contributed by atoms with E-state index in [0.717, 1.165) is 49.2 Å². The number of sulfonamides is 1. The van der Waals surface area contributed by atoms with Crippen molar-refractivity contribution in [1.29, 1.82) is 0 Å². The molecule has 9 heteroatoms. The highest BCUT2D eigenvalue weighted by Gasteiger charge is 2.21. The monoisotopic (exact) mass is 488 g/mol. The van der Waals surface area contributed by atoms with Gasteiger partial charge in [0.2, 0.25) is 16.0 Å². The summed E-state index contributed by atoms with van der Waals surface area (Å²) >= 11 is 0. The number of nitrogens with one attached hydrogen (secondary N) is 2. The van der Waals surface area contributed by atoms with E-state index in [1.165, 1.54) is 17.7 Å².